The van der Waals surface area contributed by atoms with E-state index in [1.807, 2.05) is 49.6 Å². The van der Waals surface area contributed by atoms with Crippen molar-refractivity contribution in [3.63, 3.8) is 0 Å². The second-order valence-electron chi connectivity index (χ2n) is 5.68. The summed E-state index contributed by atoms with van der Waals surface area (Å²) in [4.78, 5) is 26.5. The molecule has 24 heavy (non-hydrogen) atoms. The second kappa shape index (κ2) is 6.57. The van der Waals surface area contributed by atoms with Gasteiger partial charge in [0.05, 0.1) is 0 Å². The summed E-state index contributed by atoms with van der Waals surface area (Å²) in [6, 6.07) is 10.7. The lowest BCUT2D eigenvalue weighted by atomic mass is 10.1. The van der Waals surface area contributed by atoms with E-state index < -0.39 is 5.63 Å². The number of nitrogens with zero attached hydrogens (tertiary/aromatic N) is 2. The van der Waals surface area contributed by atoms with Gasteiger partial charge in [-0.05, 0) is 24.3 Å². The van der Waals surface area contributed by atoms with Gasteiger partial charge in [-0.15, -0.1) is 0 Å². The molecule has 0 aliphatic rings. The molecule has 1 aromatic carbocycles. The average molecular weight is 388 g/mol. The summed E-state index contributed by atoms with van der Waals surface area (Å²) in [6.45, 7) is 0.0813. The van der Waals surface area contributed by atoms with Gasteiger partial charge < -0.3 is 9.32 Å². The van der Waals surface area contributed by atoms with Gasteiger partial charge in [0, 0.05) is 41.8 Å². The van der Waals surface area contributed by atoms with Gasteiger partial charge in [0.15, 0.2) is 12.4 Å². The Balaban J connectivity index is 1.90. The van der Waals surface area contributed by atoms with E-state index in [9.17, 15) is 9.59 Å². The Morgan fingerprint density at radius 1 is 1.17 bits per heavy atom. The molecule has 122 valence electrons. The van der Waals surface area contributed by atoms with E-state index in [1.165, 1.54) is 0 Å². The minimum absolute atomic E-state index is 0.0600. The molecule has 0 saturated heterocycles. The summed E-state index contributed by atoms with van der Waals surface area (Å²) in [5.74, 6) is -0.284. The Bertz CT molecular complexity index is 962. The molecule has 0 radical (unpaired) electrons. The van der Waals surface area contributed by atoms with E-state index in [-0.39, 0.29) is 17.9 Å². The van der Waals surface area contributed by atoms with Gasteiger partial charge >= 0.3 is 5.63 Å². The van der Waals surface area contributed by atoms with E-state index in [2.05, 4.69) is 15.9 Å². The zero-order valence-electron chi connectivity index (χ0n) is 13.3. The monoisotopic (exact) mass is 387 g/mol. The molecule has 2 heterocycles. The lowest BCUT2D eigenvalue weighted by molar-refractivity contribution is -0.683. The van der Waals surface area contributed by atoms with Crippen molar-refractivity contribution in [3.05, 3.63) is 69.2 Å². The van der Waals surface area contributed by atoms with E-state index in [1.54, 1.807) is 22.8 Å². The Kier molecular flexibility index (Phi) is 4.49. The number of ketones is 1. The maximum atomic E-state index is 12.5. The van der Waals surface area contributed by atoms with Gasteiger partial charge in [-0.25, -0.2) is 4.79 Å². The molecular formula is C18H16BrN2O3+. The van der Waals surface area contributed by atoms with Crippen LogP contribution in [-0.4, -0.2) is 19.9 Å². The van der Waals surface area contributed by atoms with Crippen LogP contribution in [0.2, 0.25) is 0 Å². The molecule has 0 fully saturated rings. The predicted molar refractivity (Wildman–Crippen MR) is 95.5 cm³/mol. The zero-order valence-corrected chi connectivity index (χ0v) is 14.9. The molecule has 0 aliphatic carbocycles. The lowest BCUT2D eigenvalue weighted by Crippen LogP contribution is -2.38. The van der Waals surface area contributed by atoms with Crippen LogP contribution in [-0.2, 0) is 6.54 Å². The van der Waals surface area contributed by atoms with Crippen LogP contribution >= 0.6 is 15.9 Å². The number of pyridine rings is 1. The number of hydrogen-bond donors (Lipinski definition) is 0. The Hall–Kier alpha value is -2.47. The molecule has 0 aliphatic heterocycles. The molecule has 6 heteroatoms. The molecular weight excluding hydrogens is 372 g/mol. The van der Waals surface area contributed by atoms with Crippen molar-refractivity contribution >= 4 is 38.4 Å². The molecule has 0 bridgehead atoms. The van der Waals surface area contributed by atoms with E-state index in [4.69, 9.17) is 4.42 Å². The maximum Gasteiger partial charge on any atom is 0.347 e. The largest absolute Gasteiger partial charge is 0.422 e. The van der Waals surface area contributed by atoms with Crippen molar-refractivity contribution in [1.82, 2.24) is 0 Å². The number of Topliss-reactive ketones (excluding diaryl/α,β-unsaturated/α-hetero) is 1. The van der Waals surface area contributed by atoms with Crippen LogP contribution in [0.3, 0.4) is 0 Å². The summed E-state index contributed by atoms with van der Waals surface area (Å²) in [5, 5.41) is 0.709. The third-order valence-corrected chi connectivity index (χ3v) is 4.20. The average Bonchev–Trinajstić information content (AvgIpc) is 2.55. The Labute approximate surface area is 147 Å². The molecule has 0 atom stereocenters. The van der Waals surface area contributed by atoms with Crippen molar-refractivity contribution in [2.24, 2.45) is 0 Å². The smallest absolute Gasteiger partial charge is 0.347 e. The summed E-state index contributed by atoms with van der Waals surface area (Å²) in [6.07, 6.45) is 3.62. The maximum absolute atomic E-state index is 12.5. The summed E-state index contributed by atoms with van der Waals surface area (Å²) < 4.78 is 7.84. The number of fused-ring (bicyclic) bond motifs is 1. The molecule has 0 amide bonds. The van der Waals surface area contributed by atoms with E-state index in [0.29, 0.717) is 11.0 Å². The van der Waals surface area contributed by atoms with Crippen LogP contribution in [0.25, 0.3) is 11.0 Å². The highest BCUT2D eigenvalue weighted by Crippen LogP contribution is 2.19. The van der Waals surface area contributed by atoms with Gasteiger partial charge in [-0.1, -0.05) is 15.9 Å². The number of anilines is 1. The van der Waals surface area contributed by atoms with Gasteiger partial charge in [0.1, 0.15) is 11.1 Å². The first-order valence-corrected chi connectivity index (χ1v) is 8.16. The van der Waals surface area contributed by atoms with Gasteiger partial charge in [-0.2, -0.15) is 4.57 Å². The topological polar surface area (TPSA) is 54.4 Å². The number of hydrogen-bond acceptors (Lipinski definition) is 4. The highest BCUT2D eigenvalue weighted by molar-refractivity contribution is 9.10. The van der Waals surface area contributed by atoms with E-state index in [0.717, 1.165) is 10.2 Å². The van der Waals surface area contributed by atoms with Crippen molar-refractivity contribution in [2.45, 2.75) is 6.54 Å². The van der Waals surface area contributed by atoms with Gasteiger partial charge in [0.25, 0.3) is 0 Å². The quantitative estimate of drug-likeness (QED) is 0.392. The second-order valence-corrected chi connectivity index (χ2v) is 6.59. The molecule has 0 saturated carbocycles. The number of aromatic nitrogens is 1. The highest BCUT2D eigenvalue weighted by atomic mass is 79.9. The third kappa shape index (κ3) is 3.38. The zero-order chi connectivity index (χ0) is 17.3. The number of carbonyl (C=O) groups excluding carboxylic acids is 1. The first kappa shape index (κ1) is 16.4. The minimum atomic E-state index is -0.611. The van der Waals surface area contributed by atoms with E-state index >= 15 is 0 Å². The van der Waals surface area contributed by atoms with Crippen LogP contribution in [0.5, 0.6) is 0 Å². The molecule has 2 aromatic heterocycles. The van der Waals surface area contributed by atoms with Crippen LogP contribution in [0, 0.1) is 0 Å². The fourth-order valence-corrected chi connectivity index (χ4v) is 2.77. The van der Waals surface area contributed by atoms with Gasteiger partial charge in [0.2, 0.25) is 12.3 Å². The SMILES string of the molecule is CN(C)c1cc[n+](CC(=O)c2cc3cc(Br)ccc3oc2=O)cc1. The number of carbonyl (C=O) groups is 1. The molecule has 0 N–H and O–H groups in total. The molecule has 0 spiro atoms. The lowest BCUT2D eigenvalue weighted by Gasteiger charge is -2.10. The van der Waals surface area contributed by atoms with Crippen molar-refractivity contribution in [1.29, 1.82) is 0 Å². The van der Waals surface area contributed by atoms with Crippen molar-refractivity contribution < 1.29 is 13.8 Å². The van der Waals surface area contributed by atoms with Crippen molar-refractivity contribution in [2.75, 3.05) is 19.0 Å². The van der Waals surface area contributed by atoms with Crippen LogP contribution < -0.4 is 15.1 Å². The third-order valence-electron chi connectivity index (χ3n) is 3.71. The summed E-state index contributed by atoms with van der Waals surface area (Å²) in [5.41, 5.74) is 0.946. The summed E-state index contributed by atoms with van der Waals surface area (Å²) >= 11 is 3.37. The molecule has 5 nitrogen and oxygen atoms in total. The Morgan fingerprint density at radius 2 is 1.88 bits per heavy atom. The normalized spacial score (nSPS) is 10.8. The van der Waals surface area contributed by atoms with Gasteiger partial charge in [-0.3, -0.25) is 4.79 Å². The fraction of sp³-hybridized carbons (Fsp3) is 0.167. The fourth-order valence-electron chi connectivity index (χ4n) is 2.39. The molecule has 3 rings (SSSR count). The first-order chi connectivity index (χ1) is 11.4. The predicted octanol–water partition coefficient (Wildman–Crippen LogP) is 2.79. The van der Waals surface area contributed by atoms with Crippen LogP contribution in [0.4, 0.5) is 5.69 Å². The minimum Gasteiger partial charge on any atom is -0.422 e. The Morgan fingerprint density at radius 3 is 2.54 bits per heavy atom. The first-order valence-electron chi connectivity index (χ1n) is 7.37. The van der Waals surface area contributed by atoms with Crippen LogP contribution in [0.15, 0.2) is 62.5 Å². The summed E-state index contributed by atoms with van der Waals surface area (Å²) in [7, 11) is 3.90. The number of halogens is 1. The standard InChI is InChI=1S/C18H16BrN2O3/c1-20(2)14-5-7-21(8-6-14)11-16(22)15-10-12-9-13(19)3-4-17(12)24-18(15)23/h3-10H,11H2,1-2H3/q+1. The molecule has 3 aromatic rings. The van der Waals surface area contributed by atoms with Crippen LogP contribution in [0.1, 0.15) is 10.4 Å². The van der Waals surface area contributed by atoms with Crippen molar-refractivity contribution in [3.8, 4) is 0 Å². The highest BCUT2D eigenvalue weighted by Gasteiger charge is 2.18. The molecule has 0 unspecified atom stereocenters. The number of benzene rings is 1. The number of rotatable bonds is 4.